The zero-order valence-electron chi connectivity index (χ0n) is 30.6. The Hall–Kier alpha value is -3.73. The molecular weight excluding hydrogens is 773 g/mol. The third kappa shape index (κ3) is 7.29. The molecule has 0 aliphatic carbocycles. The van der Waals surface area contributed by atoms with E-state index < -0.39 is 20.8 Å². The molecule has 0 unspecified atom stereocenters. The number of benzene rings is 4. The molecule has 2 nitrogen and oxygen atoms in total. The summed E-state index contributed by atoms with van der Waals surface area (Å²) in [6.07, 6.45) is 3.42. The van der Waals surface area contributed by atoms with Gasteiger partial charge in [0.25, 0.3) is 0 Å². The predicted molar refractivity (Wildman–Crippen MR) is 197 cm³/mol. The number of hydrogen-bond acceptors (Lipinski definition) is 3. The summed E-state index contributed by atoms with van der Waals surface area (Å²) in [5, 5.41) is 3.69. The fraction of sp³-hybridized carbons (Fsp3) is 0.171. The van der Waals surface area contributed by atoms with Crippen LogP contribution in [-0.4, -0.2) is 18.0 Å². The molecule has 0 aliphatic rings. The van der Waals surface area contributed by atoms with Crippen LogP contribution in [-0.2, 0) is 20.1 Å². The zero-order chi connectivity index (χ0) is 35.0. The Kier molecular flexibility index (Phi) is 8.89. The monoisotopic (exact) mass is 815 g/mol. The van der Waals surface area contributed by atoms with Gasteiger partial charge in [-0.05, 0) is 67.7 Å². The summed E-state index contributed by atoms with van der Waals surface area (Å²) in [5.41, 5.74) is 6.46. The average Bonchev–Trinajstić information content (AvgIpc) is 3.46. The van der Waals surface area contributed by atoms with E-state index in [1.165, 1.54) is 32.6 Å². The zero-order valence-corrected chi connectivity index (χ0v) is 30.8. The second-order valence-corrected chi connectivity index (χ2v) is 18.5. The summed E-state index contributed by atoms with van der Waals surface area (Å²) in [6.45, 7) is 8.09. The Morgan fingerprint density at radius 3 is 2.22 bits per heavy atom. The third-order valence-electron chi connectivity index (χ3n) is 7.85. The van der Waals surface area contributed by atoms with E-state index in [1.54, 1.807) is 31.3 Å². The van der Waals surface area contributed by atoms with Gasteiger partial charge in [-0.3, -0.25) is 0 Å². The van der Waals surface area contributed by atoms with Crippen LogP contribution in [0.1, 0.15) is 36.4 Å². The summed E-state index contributed by atoms with van der Waals surface area (Å²) in [5.74, 6) is -1.07. The van der Waals surface area contributed by atoms with Gasteiger partial charge in [0.1, 0.15) is 0 Å². The molecule has 0 fully saturated rings. The van der Waals surface area contributed by atoms with Gasteiger partial charge in [0.15, 0.2) is 0 Å². The SMILES string of the molecule is C[Si](C)(C)c1ccc(-c2[c-]cccc2)nc1.[2H]C([2H])([2H])c1cnc(-c2[c-]ccc3c2sc2cc(-c4ccccc4)ccc23)cc1C([2H])(C)C.[Ir]. The van der Waals surface area contributed by atoms with Gasteiger partial charge in [0.2, 0.25) is 0 Å². The minimum Gasteiger partial charge on any atom is -0.305 e. The quantitative estimate of drug-likeness (QED) is 0.128. The van der Waals surface area contributed by atoms with Crippen LogP contribution in [0.4, 0.5) is 0 Å². The molecule has 4 aromatic carbocycles. The average molecular weight is 815 g/mol. The molecule has 0 saturated heterocycles. The smallest absolute Gasteiger partial charge is 0.0795 e. The van der Waals surface area contributed by atoms with Crippen LogP contribution < -0.4 is 5.19 Å². The van der Waals surface area contributed by atoms with Crippen molar-refractivity contribution in [2.75, 3.05) is 0 Å². The standard InChI is InChI=1S/C27H22NS.C14H16NSi.Ir/c1-17(2)24-15-25(28-16-18(24)3)23-11-7-10-22-21-13-12-20(14-26(21)29-27(22)23)19-8-5-4-6-9-19;1-16(2,3)13-9-10-14(15-11-13)12-7-5-4-6-8-12;/h4-10,12-17H,1-3H3;4-7,9-11H,1-3H3;/q2*-1;/i3D3,17D;;. The van der Waals surface area contributed by atoms with Gasteiger partial charge in [-0.25, -0.2) is 0 Å². The number of thiophene rings is 1. The van der Waals surface area contributed by atoms with Crippen molar-refractivity contribution in [2.24, 2.45) is 0 Å². The fourth-order valence-electron chi connectivity index (χ4n) is 5.30. The molecule has 0 spiro atoms. The summed E-state index contributed by atoms with van der Waals surface area (Å²) in [7, 11) is -1.23. The van der Waals surface area contributed by atoms with Crippen LogP contribution in [0.25, 0.3) is 53.8 Å². The predicted octanol–water partition coefficient (Wildman–Crippen LogP) is 11.1. The van der Waals surface area contributed by atoms with Crippen LogP contribution in [0.15, 0.2) is 116 Å². The Morgan fingerprint density at radius 2 is 1.54 bits per heavy atom. The molecule has 0 bridgehead atoms. The number of hydrogen-bond donors (Lipinski definition) is 0. The topological polar surface area (TPSA) is 25.8 Å². The van der Waals surface area contributed by atoms with Crippen molar-refractivity contribution in [3.8, 4) is 33.6 Å². The minimum atomic E-state index is -2.32. The first-order valence-corrected chi connectivity index (χ1v) is 19.4. The molecule has 0 aliphatic heterocycles. The molecule has 0 saturated carbocycles. The van der Waals surface area contributed by atoms with E-state index in [1.807, 2.05) is 54.7 Å². The van der Waals surface area contributed by atoms with Gasteiger partial charge in [0.05, 0.1) is 8.07 Å². The van der Waals surface area contributed by atoms with Crippen molar-refractivity contribution < 1.29 is 25.6 Å². The van der Waals surface area contributed by atoms with Crippen molar-refractivity contribution in [3.63, 3.8) is 0 Å². The number of rotatable bonds is 5. The maximum Gasteiger partial charge on any atom is 0.0795 e. The normalized spacial score (nSPS) is 13.1. The molecule has 0 amide bonds. The van der Waals surface area contributed by atoms with E-state index in [0.717, 1.165) is 26.9 Å². The number of aryl methyl sites for hydroxylation is 1. The molecule has 0 N–H and O–H groups in total. The first kappa shape index (κ1) is 28.5. The number of nitrogens with zero attached hydrogens (tertiary/aromatic N) is 2. The Balaban J connectivity index is 0.000000241. The van der Waals surface area contributed by atoms with Gasteiger partial charge >= 0.3 is 0 Å². The van der Waals surface area contributed by atoms with E-state index in [-0.39, 0.29) is 25.7 Å². The third-order valence-corrected chi connectivity index (χ3v) is 11.1. The van der Waals surface area contributed by atoms with E-state index in [9.17, 15) is 0 Å². The molecule has 7 aromatic rings. The maximum atomic E-state index is 8.52. The summed E-state index contributed by atoms with van der Waals surface area (Å²) < 4.78 is 34.4. The van der Waals surface area contributed by atoms with E-state index in [0.29, 0.717) is 11.3 Å². The second-order valence-electron chi connectivity index (χ2n) is 12.3. The van der Waals surface area contributed by atoms with E-state index >= 15 is 0 Å². The van der Waals surface area contributed by atoms with Crippen LogP contribution in [0.5, 0.6) is 0 Å². The van der Waals surface area contributed by atoms with Gasteiger partial charge < -0.3 is 9.97 Å². The van der Waals surface area contributed by atoms with Crippen LogP contribution >= 0.6 is 11.3 Å². The Morgan fingerprint density at radius 1 is 0.761 bits per heavy atom. The molecular formula is C41H38IrN2SSi-2. The molecule has 46 heavy (non-hydrogen) atoms. The first-order valence-electron chi connectivity index (χ1n) is 17.1. The number of fused-ring (bicyclic) bond motifs is 3. The largest absolute Gasteiger partial charge is 0.305 e. The van der Waals surface area contributed by atoms with Crippen molar-refractivity contribution >= 4 is 44.8 Å². The number of aromatic nitrogens is 2. The van der Waals surface area contributed by atoms with Crippen LogP contribution in [0.3, 0.4) is 0 Å². The van der Waals surface area contributed by atoms with E-state index in [4.69, 9.17) is 5.48 Å². The number of pyridine rings is 2. The summed E-state index contributed by atoms with van der Waals surface area (Å²) >= 11 is 1.69. The minimum absolute atomic E-state index is 0. The second kappa shape index (κ2) is 14.4. The molecule has 5 heteroatoms. The van der Waals surface area contributed by atoms with Gasteiger partial charge in [-0.15, -0.1) is 59.7 Å². The Labute approximate surface area is 297 Å². The molecule has 3 aromatic heterocycles. The summed E-state index contributed by atoms with van der Waals surface area (Å²) in [6, 6.07) is 41.3. The summed E-state index contributed by atoms with van der Waals surface area (Å²) in [4.78, 5) is 9.03. The van der Waals surface area contributed by atoms with Crippen LogP contribution in [0.2, 0.25) is 19.6 Å². The molecule has 0 atom stereocenters. The molecule has 1 radical (unpaired) electrons. The van der Waals surface area contributed by atoms with Crippen molar-refractivity contribution in [2.45, 2.75) is 46.2 Å². The fourth-order valence-corrected chi connectivity index (χ4v) is 7.58. The molecule has 7 rings (SSSR count). The van der Waals surface area contributed by atoms with Gasteiger partial charge in [-0.2, -0.15) is 11.3 Å². The molecule has 3 heterocycles. The maximum absolute atomic E-state index is 8.52. The van der Waals surface area contributed by atoms with Crippen molar-refractivity contribution in [1.29, 1.82) is 0 Å². The first-order chi connectivity index (χ1) is 23.2. The van der Waals surface area contributed by atoms with Crippen molar-refractivity contribution in [1.82, 2.24) is 9.97 Å². The molecule has 233 valence electrons. The Bertz CT molecular complexity index is 2220. The van der Waals surface area contributed by atoms with E-state index in [2.05, 4.69) is 90.3 Å². The van der Waals surface area contributed by atoms with Gasteiger partial charge in [0, 0.05) is 42.7 Å². The van der Waals surface area contributed by atoms with Crippen LogP contribution in [0, 0.1) is 19.0 Å². The van der Waals surface area contributed by atoms with Crippen molar-refractivity contribution in [3.05, 3.63) is 139 Å². The van der Waals surface area contributed by atoms with Gasteiger partial charge in [-0.1, -0.05) is 99.5 Å².